The average molecular weight is 545 g/mol. The minimum Gasteiger partial charge on any atom is -0.507 e. The van der Waals surface area contributed by atoms with Crippen LogP contribution in [-0.2, 0) is 6.42 Å². The van der Waals surface area contributed by atoms with Crippen molar-refractivity contribution in [3.63, 3.8) is 0 Å². The van der Waals surface area contributed by atoms with Gasteiger partial charge in [0.05, 0.1) is 23.4 Å². The number of benzene rings is 3. The van der Waals surface area contributed by atoms with E-state index in [4.69, 9.17) is 9.73 Å². The molecule has 0 amide bonds. The number of aromatic hydroxyl groups is 1. The summed E-state index contributed by atoms with van der Waals surface area (Å²) >= 11 is 4.79. The molecule has 5 nitrogen and oxygen atoms in total. The third kappa shape index (κ3) is 3.75. The summed E-state index contributed by atoms with van der Waals surface area (Å²) in [5, 5.41) is 10.4. The van der Waals surface area contributed by atoms with Gasteiger partial charge in [-0.1, -0.05) is 63.7 Å². The molecule has 0 radical (unpaired) electrons. The van der Waals surface area contributed by atoms with Gasteiger partial charge in [-0.25, -0.2) is 4.99 Å². The first-order chi connectivity index (χ1) is 17.0. The maximum atomic E-state index is 13.8. The lowest BCUT2D eigenvalue weighted by Crippen LogP contribution is -2.38. The van der Waals surface area contributed by atoms with Crippen LogP contribution in [-0.4, -0.2) is 16.8 Å². The highest BCUT2D eigenvalue weighted by Crippen LogP contribution is 2.41. The van der Waals surface area contributed by atoms with Crippen molar-refractivity contribution >= 4 is 39.0 Å². The molecule has 3 aromatic carbocycles. The first-order valence-electron chi connectivity index (χ1n) is 11.3. The van der Waals surface area contributed by atoms with Crippen LogP contribution in [0.15, 0.2) is 86.6 Å². The quantitative estimate of drug-likeness (QED) is 0.403. The number of hydrogen-bond acceptors (Lipinski definition) is 5. The van der Waals surface area contributed by atoms with Gasteiger partial charge in [-0.15, -0.1) is 0 Å². The van der Waals surface area contributed by atoms with Crippen molar-refractivity contribution in [3.8, 4) is 11.5 Å². The number of aromatic nitrogens is 1. The van der Waals surface area contributed by atoms with E-state index in [0.29, 0.717) is 14.9 Å². The van der Waals surface area contributed by atoms with Crippen LogP contribution in [0.3, 0.4) is 0 Å². The highest BCUT2D eigenvalue weighted by Gasteiger charge is 2.32. The van der Waals surface area contributed by atoms with Crippen LogP contribution in [0, 0.1) is 0 Å². The van der Waals surface area contributed by atoms with E-state index < -0.39 is 0 Å². The van der Waals surface area contributed by atoms with Crippen LogP contribution in [0.5, 0.6) is 11.5 Å². The molecule has 7 heteroatoms. The number of phenols is 1. The number of hydrogen-bond donors (Lipinski definition) is 1. The first-order valence-corrected chi connectivity index (χ1v) is 12.9. The summed E-state index contributed by atoms with van der Waals surface area (Å²) in [6.45, 7) is 0. The summed E-state index contributed by atoms with van der Waals surface area (Å²) in [6.07, 6.45) is 3.47. The Morgan fingerprint density at radius 1 is 1.11 bits per heavy atom. The smallest absolute Gasteiger partial charge is 0.271 e. The van der Waals surface area contributed by atoms with Gasteiger partial charge in [-0.2, -0.15) is 0 Å². The van der Waals surface area contributed by atoms with Gasteiger partial charge in [-0.05, 0) is 65.9 Å². The van der Waals surface area contributed by atoms with Crippen LogP contribution in [0.2, 0.25) is 0 Å². The second-order valence-corrected chi connectivity index (χ2v) is 10.5. The molecule has 174 valence electrons. The average Bonchev–Trinajstić information content (AvgIpc) is 3.19. The van der Waals surface area contributed by atoms with Crippen molar-refractivity contribution in [1.29, 1.82) is 0 Å². The third-order valence-electron chi connectivity index (χ3n) is 6.56. The van der Waals surface area contributed by atoms with Crippen LogP contribution in [0.4, 0.5) is 0 Å². The van der Waals surface area contributed by atoms with Crippen LogP contribution >= 0.6 is 27.3 Å². The number of nitrogens with zero attached hydrogens (tertiary/aromatic N) is 2. The van der Waals surface area contributed by atoms with E-state index in [-0.39, 0.29) is 17.4 Å². The number of allylic oxidation sites excluding steroid dienone is 1. The van der Waals surface area contributed by atoms with Crippen LogP contribution in [0.1, 0.15) is 34.7 Å². The highest BCUT2D eigenvalue weighted by atomic mass is 79.9. The Hall–Kier alpha value is -3.42. The molecule has 0 spiro atoms. The predicted molar refractivity (Wildman–Crippen MR) is 142 cm³/mol. The number of thiazole rings is 1. The van der Waals surface area contributed by atoms with Crippen LogP contribution in [0.25, 0.3) is 11.8 Å². The predicted octanol–water partition coefficient (Wildman–Crippen LogP) is 4.80. The molecule has 1 aromatic heterocycles. The van der Waals surface area contributed by atoms with E-state index >= 15 is 0 Å². The zero-order valence-corrected chi connectivity index (χ0v) is 21.3. The summed E-state index contributed by atoms with van der Waals surface area (Å²) in [7, 11) is 1.65. The molecule has 0 unspecified atom stereocenters. The van der Waals surface area contributed by atoms with Gasteiger partial charge in [0.25, 0.3) is 5.56 Å². The van der Waals surface area contributed by atoms with Crippen molar-refractivity contribution in [3.05, 3.63) is 119 Å². The Kier molecular flexibility index (Phi) is 5.46. The Balaban J connectivity index is 1.64. The molecular weight excluding hydrogens is 524 g/mol. The molecule has 35 heavy (non-hydrogen) atoms. The fourth-order valence-electron chi connectivity index (χ4n) is 4.92. The second kappa shape index (κ2) is 8.66. The molecule has 1 aliphatic carbocycles. The normalized spacial score (nSPS) is 16.9. The van der Waals surface area contributed by atoms with E-state index in [1.807, 2.05) is 30.3 Å². The lowest BCUT2D eigenvalue weighted by molar-refractivity contribution is 0.413. The molecule has 2 aliphatic rings. The van der Waals surface area contributed by atoms with Gasteiger partial charge in [-0.3, -0.25) is 9.36 Å². The fourth-order valence-corrected chi connectivity index (χ4v) is 6.29. The van der Waals surface area contributed by atoms with Crippen molar-refractivity contribution in [2.45, 2.75) is 18.9 Å². The number of rotatable bonds is 3. The molecule has 1 atom stereocenters. The number of ether oxygens (including phenoxy) is 1. The summed E-state index contributed by atoms with van der Waals surface area (Å²) in [4.78, 5) is 19.5. The molecule has 1 N–H and O–H groups in total. The fraction of sp³-hybridized carbons (Fsp3) is 0.143. The monoisotopic (exact) mass is 544 g/mol. The molecule has 0 saturated heterocycles. The van der Waals surface area contributed by atoms with Crippen molar-refractivity contribution in [2.24, 2.45) is 4.99 Å². The van der Waals surface area contributed by atoms with Gasteiger partial charge >= 0.3 is 0 Å². The van der Waals surface area contributed by atoms with E-state index in [1.54, 1.807) is 36.0 Å². The SMILES string of the molecule is COc1cccc([C@H]2C3=C(N=c4s/c(=C/c5cc(Br)ccc5O)c(=O)n42)c2ccccc2CC3)c1. The number of halogens is 1. The van der Waals surface area contributed by atoms with Gasteiger partial charge in [0.2, 0.25) is 0 Å². The molecule has 0 bridgehead atoms. The molecule has 6 rings (SSSR count). The van der Waals surface area contributed by atoms with Crippen molar-refractivity contribution in [1.82, 2.24) is 4.57 Å². The third-order valence-corrected chi connectivity index (χ3v) is 8.03. The summed E-state index contributed by atoms with van der Waals surface area (Å²) in [6, 6.07) is 21.2. The molecule has 0 saturated carbocycles. The standard InChI is InChI=1S/C28H21BrN2O3S/c1-34-20-7-4-6-17(14-20)26-22-11-9-16-5-2-3-8-21(16)25(22)30-28-31(26)27(33)24(35-28)15-18-13-19(29)10-12-23(18)32/h2-8,10,12-15,26,32H,9,11H2,1H3/b24-15+/t26-/m0/s1. The minimum atomic E-state index is -0.275. The number of aryl methyl sites for hydroxylation is 1. The van der Waals surface area contributed by atoms with Gasteiger partial charge in [0.1, 0.15) is 11.5 Å². The zero-order chi connectivity index (χ0) is 24.1. The van der Waals surface area contributed by atoms with Crippen molar-refractivity contribution in [2.75, 3.05) is 7.11 Å². The Morgan fingerprint density at radius 3 is 2.83 bits per heavy atom. The highest BCUT2D eigenvalue weighted by molar-refractivity contribution is 9.10. The lowest BCUT2D eigenvalue weighted by Gasteiger charge is -2.31. The molecule has 2 heterocycles. The molecule has 1 aliphatic heterocycles. The topological polar surface area (TPSA) is 63.8 Å². The number of methoxy groups -OCH3 is 1. The zero-order valence-electron chi connectivity index (χ0n) is 18.9. The number of phenolic OH excluding ortho intramolecular Hbond substituents is 1. The Labute approximate surface area is 214 Å². The van der Waals surface area contributed by atoms with E-state index in [2.05, 4.69) is 34.1 Å². The molecule has 0 fully saturated rings. The second-order valence-electron chi connectivity index (χ2n) is 8.59. The summed E-state index contributed by atoms with van der Waals surface area (Å²) < 4.78 is 8.66. The van der Waals surface area contributed by atoms with Crippen LogP contribution < -0.4 is 19.6 Å². The summed E-state index contributed by atoms with van der Waals surface area (Å²) in [5.74, 6) is 0.871. The largest absolute Gasteiger partial charge is 0.507 e. The Bertz CT molecular complexity index is 1700. The number of fused-ring (bicyclic) bond motifs is 3. The summed E-state index contributed by atoms with van der Waals surface area (Å²) in [5.41, 5.74) is 5.95. The molecule has 4 aromatic rings. The van der Waals surface area contributed by atoms with E-state index in [1.165, 1.54) is 16.9 Å². The van der Waals surface area contributed by atoms with Gasteiger partial charge in [0.15, 0.2) is 4.80 Å². The minimum absolute atomic E-state index is 0.119. The van der Waals surface area contributed by atoms with E-state index in [0.717, 1.165) is 45.5 Å². The Morgan fingerprint density at radius 2 is 1.97 bits per heavy atom. The molecular formula is C28H21BrN2O3S. The van der Waals surface area contributed by atoms with E-state index in [9.17, 15) is 9.90 Å². The van der Waals surface area contributed by atoms with Gasteiger partial charge < -0.3 is 9.84 Å². The maximum Gasteiger partial charge on any atom is 0.271 e. The first kappa shape index (κ1) is 22.1. The maximum absolute atomic E-state index is 13.8. The van der Waals surface area contributed by atoms with Gasteiger partial charge in [0, 0.05) is 15.6 Å². The van der Waals surface area contributed by atoms with Crippen molar-refractivity contribution < 1.29 is 9.84 Å². The lowest BCUT2D eigenvalue weighted by atomic mass is 9.83.